The van der Waals surface area contributed by atoms with E-state index in [0.29, 0.717) is 6.42 Å². The van der Waals surface area contributed by atoms with Crippen molar-refractivity contribution in [2.75, 3.05) is 0 Å². The van der Waals surface area contributed by atoms with Crippen LogP contribution in [-0.2, 0) is 11.2 Å². The first-order valence-electron chi connectivity index (χ1n) is 5.60. The molecule has 1 aliphatic rings. The third kappa shape index (κ3) is 2.03. The largest absolute Gasteiger partial charge is 0.324 e. The number of Topliss-reactive ketones (excluding diaryl/α,β-unsaturated/α-hetero) is 1. The SMILES string of the molecule is NC1C=CC(C(=O)Cc2cn3ccsc3n2)C1. The van der Waals surface area contributed by atoms with Gasteiger partial charge in [0.2, 0.25) is 0 Å². The van der Waals surface area contributed by atoms with Gasteiger partial charge in [0.15, 0.2) is 4.96 Å². The van der Waals surface area contributed by atoms with Crippen molar-refractivity contribution in [1.82, 2.24) is 9.38 Å². The maximum absolute atomic E-state index is 12.0. The molecule has 0 spiro atoms. The minimum Gasteiger partial charge on any atom is -0.324 e. The lowest BCUT2D eigenvalue weighted by Crippen LogP contribution is -2.20. The summed E-state index contributed by atoms with van der Waals surface area (Å²) in [6.07, 6.45) is 8.84. The second-order valence-electron chi connectivity index (χ2n) is 4.36. The number of thiazole rings is 1. The zero-order chi connectivity index (χ0) is 11.8. The third-order valence-electron chi connectivity index (χ3n) is 3.03. The number of nitrogens with zero attached hydrogens (tertiary/aromatic N) is 2. The number of carbonyl (C=O) groups is 1. The Hall–Kier alpha value is -1.46. The van der Waals surface area contributed by atoms with E-state index in [2.05, 4.69) is 4.98 Å². The highest BCUT2D eigenvalue weighted by molar-refractivity contribution is 7.15. The zero-order valence-corrected chi connectivity index (χ0v) is 10.1. The van der Waals surface area contributed by atoms with E-state index < -0.39 is 0 Å². The van der Waals surface area contributed by atoms with Gasteiger partial charge < -0.3 is 5.73 Å². The molecule has 0 aliphatic heterocycles. The van der Waals surface area contributed by atoms with Crippen molar-refractivity contribution in [2.45, 2.75) is 18.9 Å². The molecule has 0 aromatic carbocycles. The predicted octanol–water partition coefficient (Wildman–Crippen LogP) is 1.41. The molecule has 2 atom stereocenters. The first kappa shape index (κ1) is 10.7. The Bertz CT molecular complexity index is 555. The lowest BCUT2D eigenvalue weighted by atomic mass is 9.99. The van der Waals surface area contributed by atoms with E-state index in [4.69, 9.17) is 5.73 Å². The van der Waals surface area contributed by atoms with Crippen LogP contribution in [0.15, 0.2) is 29.9 Å². The molecule has 0 saturated heterocycles. The van der Waals surface area contributed by atoms with Gasteiger partial charge in [-0.15, -0.1) is 11.3 Å². The Labute approximate surface area is 103 Å². The molecule has 2 unspecified atom stereocenters. The van der Waals surface area contributed by atoms with Crippen LogP contribution in [0, 0.1) is 5.92 Å². The Kier molecular flexibility index (Phi) is 2.57. The van der Waals surface area contributed by atoms with Gasteiger partial charge in [0, 0.05) is 29.7 Å². The number of aromatic nitrogens is 2. The Morgan fingerprint density at radius 1 is 1.59 bits per heavy atom. The lowest BCUT2D eigenvalue weighted by Gasteiger charge is -2.06. The summed E-state index contributed by atoms with van der Waals surface area (Å²) in [6, 6.07) is 0.0365. The molecule has 0 fully saturated rings. The van der Waals surface area contributed by atoms with E-state index in [-0.39, 0.29) is 17.7 Å². The van der Waals surface area contributed by atoms with Gasteiger partial charge >= 0.3 is 0 Å². The molecular weight excluding hydrogens is 234 g/mol. The van der Waals surface area contributed by atoms with Crippen LogP contribution in [0.25, 0.3) is 4.96 Å². The predicted molar refractivity (Wildman–Crippen MR) is 67.0 cm³/mol. The Morgan fingerprint density at radius 3 is 3.18 bits per heavy atom. The molecule has 2 aromatic rings. The summed E-state index contributed by atoms with van der Waals surface area (Å²) in [5.74, 6) is 0.185. The number of hydrogen-bond donors (Lipinski definition) is 1. The quantitative estimate of drug-likeness (QED) is 0.834. The van der Waals surface area contributed by atoms with Gasteiger partial charge in [-0.25, -0.2) is 4.98 Å². The smallest absolute Gasteiger partial charge is 0.193 e. The van der Waals surface area contributed by atoms with Crippen molar-refractivity contribution in [3.8, 4) is 0 Å². The van der Waals surface area contributed by atoms with Gasteiger partial charge in [-0.3, -0.25) is 9.20 Å². The standard InChI is InChI=1S/C12H13N3OS/c13-9-2-1-8(5-9)11(16)6-10-7-15-3-4-17-12(15)14-10/h1-4,7-9H,5-6,13H2. The maximum atomic E-state index is 12.0. The number of allylic oxidation sites excluding steroid dienone is 1. The van der Waals surface area contributed by atoms with E-state index in [0.717, 1.165) is 17.1 Å². The van der Waals surface area contributed by atoms with Crippen molar-refractivity contribution < 1.29 is 4.79 Å². The van der Waals surface area contributed by atoms with Crippen molar-refractivity contribution in [3.05, 3.63) is 35.6 Å². The molecule has 2 N–H and O–H groups in total. The monoisotopic (exact) mass is 247 g/mol. The molecule has 0 amide bonds. The highest BCUT2D eigenvalue weighted by Crippen LogP contribution is 2.20. The second-order valence-corrected chi connectivity index (χ2v) is 5.23. The fraction of sp³-hybridized carbons (Fsp3) is 0.333. The molecule has 0 bridgehead atoms. The molecule has 2 heterocycles. The third-order valence-corrected chi connectivity index (χ3v) is 3.80. The zero-order valence-electron chi connectivity index (χ0n) is 9.24. The van der Waals surface area contributed by atoms with Crippen LogP contribution in [0.4, 0.5) is 0 Å². The summed E-state index contributed by atoms with van der Waals surface area (Å²) >= 11 is 1.57. The van der Waals surface area contributed by atoms with Gasteiger partial charge in [-0.1, -0.05) is 12.2 Å². The van der Waals surface area contributed by atoms with Crippen LogP contribution in [0.5, 0.6) is 0 Å². The number of imidazole rings is 1. The van der Waals surface area contributed by atoms with Crippen LogP contribution in [0.2, 0.25) is 0 Å². The van der Waals surface area contributed by atoms with Crippen LogP contribution in [0.1, 0.15) is 12.1 Å². The summed E-state index contributed by atoms with van der Waals surface area (Å²) in [4.78, 5) is 17.4. The van der Waals surface area contributed by atoms with Crippen LogP contribution in [0.3, 0.4) is 0 Å². The molecule has 0 saturated carbocycles. The normalized spacial score (nSPS) is 23.6. The minimum atomic E-state index is -0.0234. The van der Waals surface area contributed by atoms with E-state index in [1.807, 2.05) is 34.3 Å². The maximum Gasteiger partial charge on any atom is 0.193 e. The number of nitrogens with two attached hydrogens (primary N) is 1. The van der Waals surface area contributed by atoms with Crippen LogP contribution >= 0.6 is 11.3 Å². The lowest BCUT2D eigenvalue weighted by molar-refractivity contribution is -0.120. The number of ketones is 1. The molecule has 5 heteroatoms. The topological polar surface area (TPSA) is 60.4 Å². The molecule has 2 aromatic heterocycles. The van der Waals surface area contributed by atoms with E-state index >= 15 is 0 Å². The Balaban J connectivity index is 1.73. The van der Waals surface area contributed by atoms with E-state index in [1.165, 1.54) is 0 Å². The average Bonchev–Trinajstić information content (AvgIpc) is 2.92. The summed E-state index contributed by atoms with van der Waals surface area (Å²) in [5, 5.41) is 1.98. The van der Waals surface area contributed by atoms with Crippen LogP contribution in [-0.4, -0.2) is 21.2 Å². The van der Waals surface area contributed by atoms with E-state index in [9.17, 15) is 4.79 Å². The fourth-order valence-corrected chi connectivity index (χ4v) is 2.86. The molecule has 0 radical (unpaired) electrons. The Morgan fingerprint density at radius 2 is 2.47 bits per heavy atom. The summed E-state index contributed by atoms with van der Waals surface area (Å²) in [7, 11) is 0. The number of rotatable bonds is 3. The molecule has 3 rings (SSSR count). The fourth-order valence-electron chi connectivity index (χ4n) is 2.14. The summed E-state index contributed by atoms with van der Waals surface area (Å²) in [6.45, 7) is 0. The van der Waals surface area contributed by atoms with Crippen LogP contribution < -0.4 is 5.73 Å². The second kappa shape index (κ2) is 4.09. The molecular formula is C12H13N3OS. The highest BCUT2D eigenvalue weighted by atomic mass is 32.1. The van der Waals surface area contributed by atoms with Crippen molar-refractivity contribution >= 4 is 22.1 Å². The molecule has 1 aliphatic carbocycles. The number of carbonyl (C=O) groups excluding carboxylic acids is 1. The highest BCUT2D eigenvalue weighted by Gasteiger charge is 2.23. The van der Waals surface area contributed by atoms with Gasteiger partial charge in [-0.05, 0) is 6.42 Å². The molecule has 17 heavy (non-hydrogen) atoms. The summed E-state index contributed by atoms with van der Waals surface area (Å²) in [5.41, 5.74) is 6.59. The van der Waals surface area contributed by atoms with Gasteiger partial charge in [0.1, 0.15) is 5.78 Å². The van der Waals surface area contributed by atoms with Gasteiger partial charge in [0.25, 0.3) is 0 Å². The van der Waals surface area contributed by atoms with E-state index in [1.54, 1.807) is 11.3 Å². The molecule has 88 valence electrons. The molecule has 4 nitrogen and oxygen atoms in total. The average molecular weight is 247 g/mol. The van der Waals surface area contributed by atoms with Crippen molar-refractivity contribution in [3.63, 3.8) is 0 Å². The number of hydrogen-bond acceptors (Lipinski definition) is 4. The first-order valence-corrected chi connectivity index (χ1v) is 6.48. The summed E-state index contributed by atoms with van der Waals surface area (Å²) < 4.78 is 1.95. The van der Waals surface area contributed by atoms with Crippen molar-refractivity contribution in [1.29, 1.82) is 0 Å². The van der Waals surface area contributed by atoms with Gasteiger partial charge in [-0.2, -0.15) is 0 Å². The first-order chi connectivity index (χ1) is 8.22. The minimum absolute atomic E-state index is 0.0234. The van der Waals surface area contributed by atoms with Gasteiger partial charge in [0.05, 0.1) is 12.1 Å². The number of fused-ring (bicyclic) bond motifs is 1. The van der Waals surface area contributed by atoms with Crippen molar-refractivity contribution in [2.24, 2.45) is 11.7 Å².